The fraction of sp³-hybridized carbons (Fsp3) is 0.316. The van der Waals surface area contributed by atoms with Crippen LogP contribution in [0.3, 0.4) is 0 Å². The van der Waals surface area contributed by atoms with Crippen molar-refractivity contribution < 1.29 is 27.2 Å². The number of halogens is 5. The Morgan fingerprint density at radius 1 is 1.30 bits per heavy atom. The number of amides is 3. The van der Waals surface area contributed by atoms with E-state index < -0.39 is 35.8 Å². The normalized spacial score (nSPS) is 18.0. The fourth-order valence-electron chi connectivity index (χ4n) is 3.06. The molecule has 2 N–H and O–H groups in total. The third-order valence-electron chi connectivity index (χ3n) is 4.71. The Kier molecular flexibility index (Phi) is 6.16. The highest BCUT2D eigenvalue weighted by molar-refractivity contribution is 6.30. The van der Waals surface area contributed by atoms with Crippen LogP contribution in [0.2, 0.25) is 5.02 Å². The first-order valence-corrected chi connectivity index (χ1v) is 9.28. The Morgan fingerprint density at radius 3 is 2.60 bits per heavy atom. The van der Waals surface area contributed by atoms with Crippen LogP contribution in [0.1, 0.15) is 29.8 Å². The summed E-state index contributed by atoms with van der Waals surface area (Å²) < 4.78 is 52.1. The van der Waals surface area contributed by atoms with E-state index in [0.717, 1.165) is 18.3 Å². The second-order valence-electron chi connectivity index (χ2n) is 6.69. The van der Waals surface area contributed by atoms with Crippen molar-refractivity contribution in [1.82, 2.24) is 20.5 Å². The number of piperazine rings is 1. The van der Waals surface area contributed by atoms with E-state index in [1.54, 1.807) is 6.92 Å². The predicted octanol–water partition coefficient (Wildman–Crippen LogP) is 3.51. The number of hydrogen-bond acceptors (Lipinski definition) is 3. The summed E-state index contributed by atoms with van der Waals surface area (Å²) in [4.78, 5) is 29.4. The lowest BCUT2D eigenvalue weighted by Crippen LogP contribution is -2.58. The van der Waals surface area contributed by atoms with Crippen molar-refractivity contribution in [3.63, 3.8) is 0 Å². The highest BCUT2D eigenvalue weighted by atomic mass is 35.5. The number of nitrogens with zero attached hydrogens (tertiary/aromatic N) is 2. The van der Waals surface area contributed by atoms with Gasteiger partial charge in [-0.3, -0.25) is 9.78 Å². The van der Waals surface area contributed by atoms with Gasteiger partial charge >= 0.3 is 12.2 Å². The molecule has 6 nitrogen and oxygen atoms in total. The molecule has 1 aliphatic rings. The van der Waals surface area contributed by atoms with Gasteiger partial charge in [0.15, 0.2) is 0 Å². The lowest BCUT2D eigenvalue weighted by Gasteiger charge is -2.34. The van der Waals surface area contributed by atoms with Gasteiger partial charge in [-0.1, -0.05) is 23.7 Å². The number of alkyl halides is 3. The van der Waals surface area contributed by atoms with Crippen molar-refractivity contribution >= 4 is 23.5 Å². The number of benzene rings is 1. The van der Waals surface area contributed by atoms with Crippen molar-refractivity contribution in [3.05, 3.63) is 64.2 Å². The minimum absolute atomic E-state index is 0.211. The van der Waals surface area contributed by atoms with Crippen molar-refractivity contribution in [2.45, 2.75) is 25.2 Å². The molecule has 1 saturated heterocycles. The average molecular weight is 445 g/mol. The van der Waals surface area contributed by atoms with Gasteiger partial charge in [-0.05, 0) is 36.2 Å². The van der Waals surface area contributed by atoms with E-state index >= 15 is 0 Å². The van der Waals surface area contributed by atoms with Gasteiger partial charge in [0.1, 0.15) is 17.6 Å². The Morgan fingerprint density at radius 2 is 2.00 bits per heavy atom. The maximum Gasteiger partial charge on any atom is 0.433 e. The molecule has 0 unspecified atom stereocenters. The molecule has 1 aliphatic heterocycles. The van der Waals surface area contributed by atoms with Crippen molar-refractivity contribution in [1.29, 1.82) is 0 Å². The number of rotatable bonds is 3. The molecule has 160 valence electrons. The van der Waals surface area contributed by atoms with Crippen LogP contribution in [0.5, 0.6) is 0 Å². The first kappa shape index (κ1) is 21.8. The molecular weight excluding hydrogens is 428 g/mol. The topological polar surface area (TPSA) is 74.3 Å². The van der Waals surface area contributed by atoms with E-state index in [9.17, 15) is 27.2 Å². The molecule has 3 rings (SSSR count). The maximum atomic E-state index is 13.6. The van der Waals surface area contributed by atoms with E-state index in [1.807, 2.05) is 0 Å². The molecule has 30 heavy (non-hydrogen) atoms. The number of aromatic nitrogens is 1. The molecule has 0 aliphatic carbocycles. The molecular formula is C19H17ClF4N4O2. The van der Waals surface area contributed by atoms with Gasteiger partial charge in [0.05, 0.1) is 11.1 Å². The largest absolute Gasteiger partial charge is 0.433 e. The molecule has 0 spiro atoms. The third-order valence-corrected chi connectivity index (χ3v) is 5.00. The van der Waals surface area contributed by atoms with Crippen LogP contribution in [0.15, 0.2) is 36.5 Å². The summed E-state index contributed by atoms with van der Waals surface area (Å²) in [6.07, 6.45) is -3.63. The Labute approximate surface area is 174 Å². The molecule has 2 aromatic rings. The molecule has 2 heterocycles. The lowest BCUT2D eigenvalue weighted by atomic mass is 9.99. The van der Waals surface area contributed by atoms with Gasteiger partial charge in [0.2, 0.25) is 5.91 Å². The number of carbonyl (C=O) groups excluding carboxylic acids is 2. The lowest BCUT2D eigenvalue weighted by molar-refractivity contribution is -0.141. The second kappa shape index (κ2) is 8.47. The average Bonchev–Trinajstić information content (AvgIpc) is 2.69. The van der Waals surface area contributed by atoms with E-state index in [2.05, 4.69) is 15.6 Å². The van der Waals surface area contributed by atoms with Gasteiger partial charge in [0.25, 0.3) is 0 Å². The van der Waals surface area contributed by atoms with Gasteiger partial charge < -0.3 is 15.5 Å². The van der Waals surface area contributed by atoms with Crippen LogP contribution in [0, 0.1) is 5.82 Å². The van der Waals surface area contributed by atoms with Crippen LogP contribution in [0.4, 0.5) is 22.4 Å². The quantitative estimate of drug-likeness (QED) is 0.711. The first-order chi connectivity index (χ1) is 14.1. The van der Waals surface area contributed by atoms with E-state index in [4.69, 9.17) is 11.6 Å². The van der Waals surface area contributed by atoms with E-state index in [1.165, 1.54) is 23.1 Å². The fourth-order valence-corrected chi connectivity index (χ4v) is 3.25. The van der Waals surface area contributed by atoms with Crippen LogP contribution in [-0.2, 0) is 11.0 Å². The zero-order valence-electron chi connectivity index (χ0n) is 15.6. The van der Waals surface area contributed by atoms with E-state index in [0.29, 0.717) is 5.56 Å². The Balaban J connectivity index is 1.94. The zero-order valence-corrected chi connectivity index (χ0v) is 16.4. The van der Waals surface area contributed by atoms with Crippen LogP contribution in [0.25, 0.3) is 0 Å². The summed E-state index contributed by atoms with van der Waals surface area (Å²) in [7, 11) is 0. The van der Waals surface area contributed by atoms with Crippen molar-refractivity contribution in [3.8, 4) is 0 Å². The second-order valence-corrected chi connectivity index (χ2v) is 7.10. The SMILES string of the molecule is C[C@@H]1C(=O)NCCN1C(=O)N[C@@H](c1ccc(C(F)(F)F)nc1)c1ccc(F)c(Cl)c1. The zero-order chi connectivity index (χ0) is 22.1. The van der Waals surface area contributed by atoms with Crippen molar-refractivity contribution in [2.24, 2.45) is 0 Å². The molecule has 1 aromatic heterocycles. The predicted molar refractivity (Wildman–Crippen MR) is 100 cm³/mol. The summed E-state index contributed by atoms with van der Waals surface area (Å²) in [5, 5.41) is 5.10. The summed E-state index contributed by atoms with van der Waals surface area (Å²) in [5.41, 5.74) is -0.520. The minimum atomic E-state index is -4.62. The van der Waals surface area contributed by atoms with Crippen LogP contribution >= 0.6 is 11.6 Å². The monoisotopic (exact) mass is 444 g/mol. The number of carbonyl (C=O) groups is 2. The third kappa shape index (κ3) is 4.64. The highest BCUT2D eigenvalue weighted by Gasteiger charge is 2.33. The smallest absolute Gasteiger partial charge is 0.353 e. The summed E-state index contributed by atoms with van der Waals surface area (Å²) in [6, 6.07) is 3.36. The highest BCUT2D eigenvalue weighted by Crippen LogP contribution is 2.30. The molecule has 0 radical (unpaired) electrons. The van der Waals surface area contributed by atoms with E-state index in [-0.39, 0.29) is 29.6 Å². The molecule has 3 amide bonds. The van der Waals surface area contributed by atoms with Crippen molar-refractivity contribution in [2.75, 3.05) is 13.1 Å². The number of hydrogen-bond donors (Lipinski definition) is 2. The standard InChI is InChI=1S/C19H17ClF4N4O2/c1-10-17(29)25-6-7-28(10)18(30)27-16(11-2-4-14(21)13(20)8-11)12-3-5-15(26-9-12)19(22,23)24/h2-5,8-10,16H,6-7H2,1H3,(H,25,29)(H,27,30)/t10-,16-/m1/s1. The molecule has 1 aromatic carbocycles. The molecule has 1 fully saturated rings. The van der Waals surface area contributed by atoms with Gasteiger partial charge in [-0.2, -0.15) is 13.2 Å². The summed E-state index contributed by atoms with van der Waals surface area (Å²) in [5.74, 6) is -1.01. The first-order valence-electron chi connectivity index (χ1n) is 8.91. The summed E-state index contributed by atoms with van der Waals surface area (Å²) >= 11 is 5.84. The molecule has 0 bridgehead atoms. The number of nitrogens with one attached hydrogen (secondary N) is 2. The van der Waals surface area contributed by atoms with Crippen LogP contribution in [-0.4, -0.2) is 41.0 Å². The van der Waals surface area contributed by atoms with Crippen LogP contribution < -0.4 is 10.6 Å². The number of pyridine rings is 1. The molecule has 2 atom stereocenters. The Bertz CT molecular complexity index is 953. The van der Waals surface area contributed by atoms with Gasteiger partial charge in [0, 0.05) is 19.3 Å². The minimum Gasteiger partial charge on any atom is -0.353 e. The Hall–Kier alpha value is -2.88. The van der Waals surface area contributed by atoms with Gasteiger partial charge in [-0.15, -0.1) is 0 Å². The number of urea groups is 1. The van der Waals surface area contributed by atoms with Gasteiger partial charge in [-0.25, -0.2) is 9.18 Å². The molecule has 11 heteroatoms. The summed E-state index contributed by atoms with van der Waals surface area (Å²) in [6.45, 7) is 2.07. The molecule has 0 saturated carbocycles. The maximum absolute atomic E-state index is 13.6.